The van der Waals surface area contributed by atoms with Crippen LogP contribution in [0.2, 0.25) is 0 Å². The van der Waals surface area contributed by atoms with E-state index in [1.165, 1.54) is 17.0 Å². The maximum Gasteiger partial charge on any atom is 0.323 e. The van der Waals surface area contributed by atoms with Crippen LogP contribution in [0.15, 0.2) is 30.3 Å². The van der Waals surface area contributed by atoms with Crippen molar-refractivity contribution in [2.75, 3.05) is 43.0 Å². The minimum atomic E-state index is -0.0604. The first-order chi connectivity index (χ1) is 11.8. The van der Waals surface area contributed by atoms with Crippen molar-refractivity contribution in [2.24, 2.45) is 0 Å². The average Bonchev–Trinajstić information content (AvgIpc) is 3.05. The zero-order valence-electron chi connectivity index (χ0n) is 13.4. The molecule has 0 saturated carbocycles. The Bertz CT molecular complexity index is 687. The van der Waals surface area contributed by atoms with E-state index in [2.05, 4.69) is 27.3 Å². The van der Waals surface area contributed by atoms with Crippen LogP contribution in [0.1, 0.15) is 10.6 Å². The number of urea groups is 1. The van der Waals surface area contributed by atoms with Crippen molar-refractivity contribution in [1.82, 2.24) is 9.88 Å². The minimum absolute atomic E-state index is 0.0604. The van der Waals surface area contributed by atoms with E-state index in [-0.39, 0.29) is 6.03 Å². The number of hydrogen-bond acceptors (Lipinski definition) is 5. The van der Waals surface area contributed by atoms with Crippen LogP contribution < -0.4 is 10.2 Å². The topological polar surface area (TPSA) is 57.7 Å². The number of rotatable bonds is 2. The molecule has 1 fully saturated rings. The summed E-state index contributed by atoms with van der Waals surface area (Å²) in [6.07, 6.45) is 0.831. The van der Waals surface area contributed by atoms with Gasteiger partial charge in [0.15, 0.2) is 5.13 Å². The number of para-hydroxylation sites is 1. The van der Waals surface area contributed by atoms with Crippen LogP contribution in [0.4, 0.5) is 15.6 Å². The molecule has 4 rings (SSSR count). The summed E-state index contributed by atoms with van der Waals surface area (Å²) in [6.45, 7) is 4.45. The molecule has 2 amide bonds. The first-order valence-electron chi connectivity index (χ1n) is 8.22. The van der Waals surface area contributed by atoms with E-state index in [1.54, 1.807) is 0 Å². The summed E-state index contributed by atoms with van der Waals surface area (Å²) in [5.74, 6) is 0. The van der Waals surface area contributed by atoms with E-state index in [9.17, 15) is 4.79 Å². The molecule has 0 aliphatic carbocycles. The summed E-state index contributed by atoms with van der Waals surface area (Å²) >= 11 is 1.52. The van der Waals surface area contributed by atoms with Gasteiger partial charge >= 0.3 is 6.03 Å². The maximum absolute atomic E-state index is 12.5. The lowest BCUT2D eigenvalue weighted by atomic mass is 10.2. The first kappa shape index (κ1) is 15.4. The van der Waals surface area contributed by atoms with Gasteiger partial charge in [0.1, 0.15) is 0 Å². The summed E-state index contributed by atoms with van der Waals surface area (Å²) in [5.41, 5.74) is 2.28. The van der Waals surface area contributed by atoms with E-state index in [0.717, 1.165) is 43.2 Å². The van der Waals surface area contributed by atoms with Gasteiger partial charge in [-0.25, -0.2) is 9.78 Å². The van der Waals surface area contributed by atoms with Crippen molar-refractivity contribution in [1.29, 1.82) is 0 Å². The number of nitrogens with one attached hydrogen (secondary N) is 1. The fourth-order valence-electron chi connectivity index (χ4n) is 3.06. The van der Waals surface area contributed by atoms with E-state index in [4.69, 9.17) is 4.74 Å². The van der Waals surface area contributed by atoms with Crippen LogP contribution in [-0.2, 0) is 17.8 Å². The molecule has 2 aromatic rings. The average molecular weight is 344 g/mol. The number of ether oxygens (including phenoxy) is 1. The van der Waals surface area contributed by atoms with Gasteiger partial charge < -0.3 is 14.5 Å². The summed E-state index contributed by atoms with van der Waals surface area (Å²) in [5, 5.41) is 3.63. The van der Waals surface area contributed by atoms with Crippen LogP contribution >= 0.6 is 11.3 Å². The Balaban J connectivity index is 1.34. The smallest absolute Gasteiger partial charge is 0.323 e. The molecule has 2 aliphatic heterocycles. The molecule has 0 radical (unpaired) electrons. The Morgan fingerprint density at radius 3 is 2.71 bits per heavy atom. The predicted molar refractivity (Wildman–Crippen MR) is 94.7 cm³/mol. The zero-order chi connectivity index (χ0) is 16.4. The Kier molecular flexibility index (Phi) is 4.36. The number of anilines is 2. The van der Waals surface area contributed by atoms with Gasteiger partial charge in [-0.3, -0.25) is 5.32 Å². The van der Waals surface area contributed by atoms with Crippen molar-refractivity contribution in [3.63, 3.8) is 0 Å². The molecule has 6 nitrogen and oxygen atoms in total. The van der Waals surface area contributed by atoms with Crippen molar-refractivity contribution >= 4 is 28.2 Å². The monoisotopic (exact) mass is 344 g/mol. The van der Waals surface area contributed by atoms with Crippen molar-refractivity contribution in [2.45, 2.75) is 13.0 Å². The third-order valence-electron chi connectivity index (χ3n) is 4.40. The van der Waals surface area contributed by atoms with Gasteiger partial charge in [0.2, 0.25) is 0 Å². The third-order valence-corrected chi connectivity index (χ3v) is 5.38. The van der Waals surface area contributed by atoms with Crippen LogP contribution in [0.3, 0.4) is 0 Å². The zero-order valence-corrected chi connectivity index (χ0v) is 14.2. The maximum atomic E-state index is 12.5. The first-order valence-corrected chi connectivity index (χ1v) is 9.03. The fourth-order valence-corrected chi connectivity index (χ4v) is 3.99. The second-order valence-electron chi connectivity index (χ2n) is 5.93. The van der Waals surface area contributed by atoms with Gasteiger partial charge in [-0.2, -0.15) is 0 Å². The normalized spacial score (nSPS) is 17.5. The molecule has 0 spiro atoms. The highest BCUT2D eigenvalue weighted by Gasteiger charge is 2.23. The fraction of sp³-hybridized carbons (Fsp3) is 0.412. The number of hydrogen-bond donors (Lipinski definition) is 1. The molecule has 1 saturated heterocycles. The standard InChI is InChI=1S/C17H20N4O2S/c22-17(19-16-18-14-6-11-23-12-15(14)24-16)21-9-7-20(8-10-21)13-4-2-1-3-5-13/h1-5H,6-12H2,(H,18,19,22). The third kappa shape index (κ3) is 3.22. The summed E-state index contributed by atoms with van der Waals surface area (Å²) < 4.78 is 5.43. The molecule has 0 unspecified atom stereocenters. The highest BCUT2D eigenvalue weighted by atomic mass is 32.1. The van der Waals surface area contributed by atoms with Gasteiger partial charge in [0.05, 0.1) is 23.8 Å². The van der Waals surface area contributed by atoms with Gasteiger partial charge in [0.25, 0.3) is 0 Å². The van der Waals surface area contributed by atoms with Crippen molar-refractivity contribution < 1.29 is 9.53 Å². The second-order valence-corrected chi connectivity index (χ2v) is 7.01. The van der Waals surface area contributed by atoms with Crippen LogP contribution in [0.5, 0.6) is 0 Å². The van der Waals surface area contributed by atoms with Crippen molar-refractivity contribution in [3.8, 4) is 0 Å². The lowest BCUT2D eigenvalue weighted by Crippen LogP contribution is -2.50. The molecule has 0 bridgehead atoms. The molecule has 2 aliphatic rings. The molecule has 1 aromatic carbocycles. The molecule has 7 heteroatoms. The highest BCUT2D eigenvalue weighted by Crippen LogP contribution is 2.27. The molecular formula is C17H20N4O2S. The van der Waals surface area contributed by atoms with E-state index < -0.39 is 0 Å². The quantitative estimate of drug-likeness (QED) is 0.910. The van der Waals surface area contributed by atoms with Crippen LogP contribution in [-0.4, -0.2) is 48.7 Å². The number of amides is 2. The number of thiazole rings is 1. The molecule has 24 heavy (non-hydrogen) atoms. The largest absolute Gasteiger partial charge is 0.375 e. The molecule has 126 valence electrons. The number of piperazine rings is 1. The van der Waals surface area contributed by atoms with Gasteiger partial charge in [-0.1, -0.05) is 29.5 Å². The summed E-state index contributed by atoms with van der Waals surface area (Å²) in [7, 11) is 0. The predicted octanol–water partition coefficient (Wildman–Crippen LogP) is 2.57. The number of carbonyl (C=O) groups is 1. The number of nitrogens with zero attached hydrogens (tertiary/aromatic N) is 3. The number of aromatic nitrogens is 1. The molecular weight excluding hydrogens is 324 g/mol. The lowest BCUT2D eigenvalue weighted by molar-refractivity contribution is 0.112. The summed E-state index contributed by atoms with van der Waals surface area (Å²) in [4.78, 5) is 22.3. The highest BCUT2D eigenvalue weighted by molar-refractivity contribution is 7.15. The number of carbonyl (C=O) groups excluding carboxylic acids is 1. The Morgan fingerprint density at radius 1 is 1.17 bits per heavy atom. The molecule has 1 aromatic heterocycles. The van der Waals surface area contributed by atoms with E-state index >= 15 is 0 Å². The van der Waals surface area contributed by atoms with E-state index in [0.29, 0.717) is 18.3 Å². The second kappa shape index (κ2) is 6.78. The van der Waals surface area contributed by atoms with Crippen molar-refractivity contribution in [3.05, 3.63) is 40.9 Å². The minimum Gasteiger partial charge on any atom is -0.375 e. The molecule has 1 N–H and O–H groups in total. The lowest BCUT2D eigenvalue weighted by Gasteiger charge is -2.35. The molecule has 0 atom stereocenters. The Labute approximate surface area is 145 Å². The van der Waals surface area contributed by atoms with Gasteiger partial charge in [0, 0.05) is 38.3 Å². The van der Waals surface area contributed by atoms with Crippen LogP contribution in [0.25, 0.3) is 0 Å². The Hall–Kier alpha value is -2.12. The number of fused-ring (bicyclic) bond motifs is 1. The van der Waals surface area contributed by atoms with Crippen LogP contribution in [0, 0.1) is 0 Å². The Morgan fingerprint density at radius 2 is 1.96 bits per heavy atom. The summed E-state index contributed by atoms with van der Waals surface area (Å²) in [6, 6.07) is 10.3. The number of benzene rings is 1. The SMILES string of the molecule is O=C(Nc1nc2c(s1)COCC2)N1CCN(c2ccccc2)CC1. The van der Waals surface area contributed by atoms with E-state index in [1.807, 2.05) is 23.1 Å². The molecule has 3 heterocycles. The van der Waals surface area contributed by atoms with Gasteiger partial charge in [-0.15, -0.1) is 0 Å². The van der Waals surface area contributed by atoms with Gasteiger partial charge in [-0.05, 0) is 12.1 Å².